The van der Waals surface area contributed by atoms with Crippen molar-refractivity contribution in [2.45, 2.75) is 6.42 Å². The van der Waals surface area contributed by atoms with Crippen molar-refractivity contribution in [3.63, 3.8) is 0 Å². The molecular weight excluding hydrogens is 230 g/mol. The van der Waals surface area contributed by atoms with Gasteiger partial charge in [0, 0.05) is 11.3 Å². The number of benzene rings is 2. The number of anilines is 1. The average molecular weight is 243 g/mol. The Balaban J connectivity index is 2.23. The lowest BCUT2D eigenvalue weighted by atomic mass is 10.1. The van der Waals surface area contributed by atoms with Crippen LogP contribution in [0.5, 0.6) is 11.5 Å². The summed E-state index contributed by atoms with van der Waals surface area (Å²) in [5.74, 6) is 0.287. The quantitative estimate of drug-likeness (QED) is 0.810. The molecule has 0 spiro atoms. The predicted octanol–water partition coefficient (Wildman–Crippen LogP) is 2.69. The van der Waals surface area contributed by atoms with E-state index in [9.17, 15) is 4.79 Å². The van der Waals surface area contributed by atoms with Crippen LogP contribution in [0.1, 0.15) is 5.56 Å². The molecule has 3 N–H and O–H groups in total. The van der Waals surface area contributed by atoms with E-state index in [-0.39, 0.29) is 6.42 Å². The number of para-hydroxylation sites is 1. The van der Waals surface area contributed by atoms with Crippen molar-refractivity contribution in [1.29, 1.82) is 0 Å². The molecule has 0 aliphatic heterocycles. The van der Waals surface area contributed by atoms with E-state index in [1.807, 2.05) is 0 Å². The molecule has 4 heteroatoms. The molecule has 0 atom stereocenters. The van der Waals surface area contributed by atoms with Gasteiger partial charge in [-0.05, 0) is 30.3 Å². The van der Waals surface area contributed by atoms with Crippen molar-refractivity contribution in [3.05, 3.63) is 54.1 Å². The van der Waals surface area contributed by atoms with Crippen LogP contribution in [0.4, 0.5) is 5.69 Å². The summed E-state index contributed by atoms with van der Waals surface area (Å²) in [6, 6.07) is 14.0. The number of nitrogen functional groups attached to an aromatic ring is 1. The number of aliphatic carboxylic acids is 1. The first-order valence-corrected chi connectivity index (χ1v) is 5.48. The number of carbonyl (C=O) groups is 1. The first kappa shape index (κ1) is 12.0. The van der Waals surface area contributed by atoms with E-state index in [0.29, 0.717) is 22.7 Å². The van der Waals surface area contributed by atoms with E-state index < -0.39 is 5.97 Å². The summed E-state index contributed by atoms with van der Waals surface area (Å²) in [4.78, 5) is 10.7. The van der Waals surface area contributed by atoms with Gasteiger partial charge < -0.3 is 15.6 Å². The lowest BCUT2D eigenvalue weighted by Crippen LogP contribution is -2.01. The van der Waals surface area contributed by atoms with Crippen molar-refractivity contribution in [1.82, 2.24) is 0 Å². The lowest BCUT2D eigenvalue weighted by Gasteiger charge is -2.09. The fourth-order valence-electron chi connectivity index (χ4n) is 1.58. The van der Waals surface area contributed by atoms with Gasteiger partial charge in [-0.15, -0.1) is 0 Å². The Morgan fingerprint density at radius 1 is 1.11 bits per heavy atom. The number of ether oxygens (including phenoxy) is 1. The van der Waals surface area contributed by atoms with Gasteiger partial charge in [-0.1, -0.05) is 18.2 Å². The molecule has 4 nitrogen and oxygen atoms in total. The van der Waals surface area contributed by atoms with Gasteiger partial charge in [-0.2, -0.15) is 0 Å². The SMILES string of the molecule is Nc1ccc(Oc2ccccc2CC(=O)O)cc1. The summed E-state index contributed by atoms with van der Waals surface area (Å²) >= 11 is 0. The second-order valence-electron chi connectivity index (χ2n) is 3.85. The molecule has 0 radical (unpaired) electrons. The lowest BCUT2D eigenvalue weighted by molar-refractivity contribution is -0.136. The van der Waals surface area contributed by atoms with Gasteiger partial charge in [0.2, 0.25) is 0 Å². The van der Waals surface area contributed by atoms with Gasteiger partial charge in [-0.25, -0.2) is 0 Å². The van der Waals surface area contributed by atoms with Gasteiger partial charge in [0.25, 0.3) is 0 Å². The Hall–Kier alpha value is -2.49. The highest BCUT2D eigenvalue weighted by atomic mass is 16.5. The minimum absolute atomic E-state index is 0.0643. The zero-order valence-corrected chi connectivity index (χ0v) is 9.67. The predicted molar refractivity (Wildman–Crippen MR) is 68.7 cm³/mol. The van der Waals surface area contributed by atoms with Crippen LogP contribution in [-0.4, -0.2) is 11.1 Å². The first-order chi connectivity index (χ1) is 8.65. The molecule has 0 unspecified atom stereocenters. The Labute approximate surface area is 105 Å². The summed E-state index contributed by atoms with van der Waals surface area (Å²) in [5, 5.41) is 8.82. The molecule has 0 aromatic heterocycles. The van der Waals surface area contributed by atoms with Crippen LogP contribution in [0.3, 0.4) is 0 Å². The van der Waals surface area contributed by atoms with Crippen LogP contribution in [-0.2, 0) is 11.2 Å². The molecule has 0 heterocycles. The number of rotatable bonds is 4. The largest absolute Gasteiger partial charge is 0.481 e. The number of hydrogen-bond acceptors (Lipinski definition) is 3. The van der Waals surface area contributed by atoms with Crippen molar-refractivity contribution in [3.8, 4) is 11.5 Å². The van der Waals surface area contributed by atoms with Crippen LogP contribution in [0.2, 0.25) is 0 Å². The molecule has 2 aromatic carbocycles. The Morgan fingerprint density at radius 2 is 1.78 bits per heavy atom. The number of nitrogens with two attached hydrogens (primary N) is 1. The van der Waals surface area contributed by atoms with E-state index >= 15 is 0 Å². The smallest absolute Gasteiger partial charge is 0.307 e. The molecule has 0 saturated carbocycles. The van der Waals surface area contributed by atoms with E-state index in [2.05, 4.69) is 0 Å². The monoisotopic (exact) mass is 243 g/mol. The molecule has 0 saturated heterocycles. The molecule has 0 fully saturated rings. The molecule has 0 amide bonds. The highest BCUT2D eigenvalue weighted by molar-refractivity contribution is 5.71. The Morgan fingerprint density at radius 3 is 2.44 bits per heavy atom. The highest BCUT2D eigenvalue weighted by Gasteiger charge is 2.07. The molecule has 0 aliphatic rings. The van der Waals surface area contributed by atoms with Crippen LogP contribution in [0, 0.1) is 0 Å². The zero-order valence-electron chi connectivity index (χ0n) is 9.67. The molecule has 0 aliphatic carbocycles. The fraction of sp³-hybridized carbons (Fsp3) is 0.0714. The summed E-state index contributed by atoms with van der Waals surface area (Å²) in [7, 11) is 0. The minimum atomic E-state index is -0.886. The van der Waals surface area contributed by atoms with Crippen molar-refractivity contribution in [2.75, 3.05) is 5.73 Å². The van der Waals surface area contributed by atoms with Crippen molar-refractivity contribution < 1.29 is 14.6 Å². The number of carboxylic acids is 1. The van der Waals surface area contributed by atoms with E-state index in [0.717, 1.165) is 0 Å². The summed E-state index contributed by atoms with van der Waals surface area (Å²) in [6.45, 7) is 0. The maximum atomic E-state index is 10.7. The van der Waals surface area contributed by atoms with E-state index in [4.69, 9.17) is 15.6 Å². The summed E-state index contributed by atoms with van der Waals surface area (Å²) in [6.07, 6.45) is -0.0643. The van der Waals surface area contributed by atoms with Crippen molar-refractivity contribution >= 4 is 11.7 Å². The Kier molecular flexibility index (Phi) is 3.48. The number of carboxylic acid groups (broad SMARTS) is 1. The third-order valence-electron chi connectivity index (χ3n) is 2.42. The van der Waals surface area contributed by atoms with Crippen LogP contribution >= 0.6 is 0 Å². The highest BCUT2D eigenvalue weighted by Crippen LogP contribution is 2.26. The average Bonchev–Trinajstić information content (AvgIpc) is 2.34. The molecule has 2 aromatic rings. The van der Waals surface area contributed by atoms with Crippen LogP contribution < -0.4 is 10.5 Å². The van der Waals surface area contributed by atoms with Gasteiger partial charge in [0.1, 0.15) is 11.5 Å². The van der Waals surface area contributed by atoms with Gasteiger partial charge in [-0.3, -0.25) is 4.79 Å². The maximum Gasteiger partial charge on any atom is 0.307 e. The van der Waals surface area contributed by atoms with Gasteiger partial charge in [0.05, 0.1) is 6.42 Å². The normalized spacial score (nSPS) is 10.0. The Bertz CT molecular complexity index is 549. The fourth-order valence-corrected chi connectivity index (χ4v) is 1.58. The molecule has 0 bridgehead atoms. The van der Waals surface area contributed by atoms with Crippen molar-refractivity contribution in [2.24, 2.45) is 0 Å². The molecule has 18 heavy (non-hydrogen) atoms. The van der Waals surface area contributed by atoms with E-state index in [1.165, 1.54) is 0 Å². The first-order valence-electron chi connectivity index (χ1n) is 5.48. The molecular formula is C14H13NO3. The third kappa shape index (κ3) is 3.01. The second-order valence-corrected chi connectivity index (χ2v) is 3.85. The van der Waals surface area contributed by atoms with Gasteiger partial charge >= 0.3 is 5.97 Å². The second kappa shape index (κ2) is 5.23. The standard InChI is InChI=1S/C14H13NO3/c15-11-5-7-12(8-6-11)18-13-4-2-1-3-10(13)9-14(16)17/h1-8H,9,15H2,(H,16,17). The summed E-state index contributed by atoms with van der Waals surface area (Å²) < 4.78 is 5.65. The molecule has 2 rings (SSSR count). The number of hydrogen-bond donors (Lipinski definition) is 2. The van der Waals surface area contributed by atoms with Crippen LogP contribution in [0.25, 0.3) is 0 Å². The topological polar surface area (TPSA) is 72.5 Å². The van der Waals surface area contributed by atoms with Gasteiger partial charge in [0.15, 0.2) is 0 Å². The summed E-state index contributed by atoms with van der Waals surface area (Å²) in [5.41, 5.74) is 6.88. The maximum absolute atomic E-state index is 10.7. The van der Waals surface area contributed by atoms with Crippen LogP contribution in [0.15, 0.2) is 48.5 Å². The zero-order chi connectivity index (χ0) is 13.0. The minimum Gasteiger partial charge on any atom is -0.481 e. The third-order valence-corrected chi connectivity index (χ3v) is 2.42. The molecule has 92 valence electrons. The van der Waals surface area contributed by atoms with E-state index in [1.54, 1.807) is 48.5 Å².